The first-order chi connectivity index (χ1) is 25.4. The molecule has 5 N–H and O–H groups in total. The fraction of sp³-hybridized carbons (Fsp3) is 0.263. The van der Waals surface area contributed by atoms with Crippen LogP contribution in [0.1, 0.15) is 16.7 Å². The lowest BCUT2D eigenvalue weighted by Gasteiger charge is -2.41. The van der Waals surface area contributed by atoms with Crippen LogP contribution in [-0.2, 0) is 23.9 Å². The number of aryl methyl sites for hydroxylation is 2. The van der Waals surface area contributed by atoms with Crippen molar-refractivity contribution < 1.29 is 63.7 Å². The summed E-state index contributed by atoms with van der Waals surface area (Å²) in [6, 6.07) is 16.4. The van der Waals surface area contributed by atoms with Crippen LogP contribution in [0.2, 0.25) is 0 Å². The number of fused-ring (bicyclic) bond motifs is 2. The number of esters is 1. The Labute approximate surface area is 300 Å². The number of carboxylic acid groups (broad SMARTS) is 1. The van der Waals surface area contributed by atoms with Crippen molar-refractivity contribution >= 4 is 34.8 Å². The molecule has 0 radical (unpaired) electrons. The van der Waals surface area contributed by atoms with Gasteiger partial charge in [0, 0.05) is 23.4 Å². The summed E-state index contributed by atoms with van der Waals surface area (Å²) in [4.78, 5) is 47.4. The van der Waals surface area contributed by atoms with Crippen LogP contribution in [0.5, 0.6) is 11.5 Å². The van der Waals surface area contributed by atoms with Gasteiger partial charge in [-0.15, -0.1) is 0 Å². The SMILES string of the molecule is Cc1cc(C)cc(C2=C3N=CC=C3C[NH+]2OC2C(Oc3ccc4c(=O)c(-c5ccc(O)cc5)coc4c3)OC(COC(=O)C(O)C(=O)[O-])C(O)C2O)c1. The number of hydrogen-bond acceptors (Lipinski definition) is 14. The van der Waals surface area contributed by atoms with Crippen molar-refractivity contribution in [1.82, 2.24) is 0 Å². The molecule has 7 rings (SSSR count). The fourth-order valence-corrected chi connectivity index (χ4v) is 6.57. The van der Waals surface area contributed by atoms with Crippen LogP contribution < -0.4 is 20.3 Å². The summed E-state index contributed by atoms with van der Waals surface area (Å²) in [5.41, 5.74) is 5.69. The highest BCUT2D eigenvalue weighted by Crippen LogP contribution is 2.32. The van der Waals surface area contributed by atoms with Crippen LogP contribution in [0.25, 0.3) is 27.8 Å². The number of phenols is 1. The first kappa shape index (κ1) is 35.7. The van der Waals surface area contributed by atoms with Crippen molar-refractivity contribution in [3.8, 4) is 22.6 Å². The number of allylic oxidation sites excluding steroid dienone is 1. The molecule has 15 heteroatoms. The smallest absolute Gasteiger partial charge is 0.341 e. The van der Waals surface area contributed by atoms with Gasteiger partial charge in [-0.25, -0.2) is 9.79 Å². The Morgan fingerprint density at radius 2 is 1.75 bits per heavy atom. The molecular formula is C38H34N2O13. The molecule has 3 aliphatic rings. The zero-order chi connectivity index (χ0) is 37.6. The first-order valence-electron chi connectivity index (χ1n) is 16.6. The fourth-order valence-electron chi connectivity index (χ4n) is 6.57. The molecule has 1 aromatic heterocycles. The Hall–Kier alpha value is -5.68. The van der Waals surface area contributed by atoms with E-state index in [4.69, 9.17) is 23.5 Å². The number of quaternary nitrogens is 1. The Kier molecular flexibility index (Phi) is 9.69. The van der Waals surface area contributed by atoms with Crippen molar-refractivity contribution in [3.63, 3.8) is 0 Å². The second kappa shape index (κ2) is 14.4. The Morgan fingerprint density at radius 1 is 1.02 bits per heavy atom. The van der Waals surface area contributed by atoms with Crippen molar-refractivity contribution in [3.05, 3.63) is 111 Å². The number of hydrogen-bond donors (Lipinski definition) is 5. The number of nitrogens with one attached hydrogen (secondary N) is 1. The summed E-state index contributed by atoms with van der Waals surface area (Å²) in [7, 11) is 0. The van der Waals surface area contributed by atoms with E-state index < -0.39 is 55.4 Å². The van der Waals surface area contributed by atoms with Crippen molar-refractivity contribution in [2.75, 3.05) is 13.2 Å². The third-order valence-corrected chi connectivity index (χ3v) is 9.10. The number of aromatic hydroxyl groups is 1. The number of carbonyl (C=O) groups is 2. The van der Waals surface area contributed by atoms with E-state index in [2.05, 4.69) is 4.99 Å². The molecular weight excluding hydrogens is 692 g/mol. The number of aliphatic imine (C=N–C) groups is 1. The van der Waals surface area contributed by atoms with Crippen LogP contribution in [0.4, 0.5) is 0 Å². The molecule has 0 saturated carbocycles. The summed E-state index contributed by atoms with van der Waals surface area (Å²) < 4.78 is 22.9. The average molecular weight is 727 g/mol. The van der Waals surface area contributed by atoms with E-state index in [1.807, 2.05) is 38.1 Å². The summed E-state index contributed by atoms with van der Waals surface area (Å²) in [5.74, 6) is -3.50. The van der Waals surface area contributed by atoms with Gasteiger partial charge in [0.2, 0.25) is 12.4 Å². The van der Waals surface area contributed by atoms with E-state index in [9.17, 15) is 39.9 Å². The lowest BCUT2D eigenvalue weighted by atomic mass is 9.99. The lowest BCUT2D eigenvalue weighted by Crippen LogP contribution is -3.08. The second-order valence-electron chi connectivity index (χ2n) is 12.9. The molecule has 4 heterocycles. The number of rotatable bonds is 10. The molecule has 4 aromatic rings. The standard InChI is InChI=1S/C38H34N2O13/c1-18-11-19(2)13-22(12-18)30-29-21(9-10-39-29)15-40(30)53-35-33(44)32(43)28(17-50-37(48)34(45)36(46)47)52-38(35)51-24-7-8-25-27(14-24)49-16-26(31(25)42)20-3-5-23(41)6-4-20/h3-14,16,28,32-35,38,41,43-45H,15,17H2,1-2H3,(H,46,47). The van der Waals surface area contributed by atoms with Gasteiger partial charge in [-0.3, -0.25) is 4.79 Å². The van der Waals surface area contributed by atoms with Crippen LogP contribution >= 0.6 is 0 Å². The number of aliphatic carboxylic acids is 1. The predicted octanol–water partition coefficient (Wildman–Crippen LogP) is -0.160. The minimum Gasteiger partial charge on any atom is -0.547 e. The molecule has 1 saturated heterocycles. The number of aliphatic hydroxyl groups is 3. The topological polar surface area (TPSA) is 222 Å². The highest BCUT2D eigenvalue weighted by Gasteiger charge is 2.51. The molecule has 3 aliphatic heterocycles. The lowest BCUT2D eigenvalue weighted by molar-refractivity contribution is -1.04. The van der Waals surface area contributed by atoms with Gasteiger partial charge in [0.25, 0.3) is 0 Å². The quantitative estimate of drug-likeness (QED) is 0.106. The second-order valence-corrected chi connectivity index (χ2v) is 12.9. The maximum absolute atomic E-state index is 13.4. The zero-order valence-electron chi connectivity index (χ0n) is 28.3. The van der Waals surface area contributed by atoms with Crippen molar-refractivity contribution in [2.45, 2.75) is 50.7 Å². The number of aliphatic hydroxyl groups excluding tert-OH is 3. The Morgan fingerprint density at radius 3 is 2.47 bits per heavy atom. The summed E-state index contributed by atoms with van der Waals surface area (Å²) in [5, 5.41) is 53.4. The van der Waals surface area contributed by atoms with Gasteiger partial charge in [0.15, 0.2) is 17.2 Å². The van der Waals surface area contributed by atoms with Gasteiger partial charge in [0.05, 0.1) is 16.9 Å². The zero-order valence-corrected chi connectivity index (χ0v) is 28.3. The minimum atomic E-state index is -2.59. The third-order valence-electron chi connectivity index (χ3n) is 9.10. The highest BCUT2D eigenvalue weighted by atomic mass is 16.8. The maximum Gasteiger partial charge on any atom is 0.341 e. The Balaban J connectivity index is 1.20. The number of hydroxylamine groups is 2. The van der Waals surface area contributed by atoms with Crippen molar-refractivity contribution in [1.29, 1.82) is 0 Å². The first-order valence-corrected chi connectivity index (χ1v) is 16.6. The van der Waals surface area contributed by atoms with E-state index in [0.717, 1.165) is 22.3 Å². The van der Waals surface area contributed by atoms with Gasteiger partial charge < -0.3 is 49.0 Å². The van der Waals surface area contributed by atoms with Gasteiger partial charge in [-0.2, -0.15) is 9.90 Å². The number of carboxylic acids is 1. The minimum absolute atomic E-state index is 0.0408. The van der Waals surface area contributed by atoms with E-state index in [0.29, 0.717) is 28.6 Å². The average Bonchev–Trinajstić information content (AvgIpc) is 3.71. The largest absolute Gasteiger partial charge is 0.547 e. The molecule has 274 valence electrons. The predicted molar refractivity (Wildman–Crippen MR) is 183 cm³/mol. The van der Waals surface area contributed by atoms with Crippen LogP contribution in [0.3, 0.4) is 0 Å². The molecule has 7 atom stereocenters. The van der Waals surface area contributed by atoms with E-state index >= 15 is 0 Å². The molecule has 7 unspecified atom stereocenters. The van der Waals surface area contributed by atoms with Crippen LogP contribution in [-0.4, -0.2) is 88.5 Å². The van der Waals surface area contributed by atoms with Gasteiger partial charge in [0.1, 0.15) is 60.5 Å². The third kappa shape index (κ3) is 7.09. The monoisotopic (exact) mass is 726 g/mol. The molecule has 15 nitrogen and oxygen atoms in total. The van der Waals surface area contributed by atoms with Crippen LogP contribution in [0, 0.1) is 13.8 Å². The molecule has 53 heavy (non-hydrogen) atoms. The summed E-state index contributed by atoms with van der Waals surface area (Å²) >= 11 is 0. The van der Waals surface area contributed by atoms with Gasteiger partial charge >= 0.3 is 5.97 Å². The summed E-state index contributed by atoms with van der Waals surface area (Å²) in [6.45, 7) is 3.44. The van der Waals surface area contributed by atoms with E-state index in [1.165, 1.54) is 36.6 Å². The number of ether oxygens (including phenoxy) is 3. The number of phenolic OH excluding ortho intramolecular Hbond substituents is 1. The van der Waals surface area contributed by atoms with Gasteiger partial charge in [-0.05, 0) is 61.9 Å². The molecule has 3 aromatic carbocycles. The number of benzene rings is 3. The molecule has 0 aliphatic carbocycles. The molecule has 1 fully saturated rings. The number of carbonyl (C=O) groups excluding carboxylic acids is 2. The Bertz CT molecular complexity index is 2220. The maximum atomic E-state index is 13.4. The number of nitrogens with zero attached hydrogens (tertiary/aromatic N) is 1. The van der Waals surface area contributed by atoms with E-state index in [1.54, 1.807) is 18.3 Å². The highest BCUT2D eigenvalue weighted by molar-refractivity contribution is 5.95. The normalized spacial score (nSPS) is 24.2. The molecule has 0 spiro atoms. The molecule has 0 amide bonds. The summed E-state index contributed by atoms with van der Waals surface area (Å²) in [6.07, 6.45) is -5.59. The molecule has 0 bridgehead atoms. The van der Waals surface area contributed by atoms with Gasteiger partial charge in [-0.1, -0.05) is 29.3 Å². The van der Waals surface area contributed by atoms with Crippen molar-refractivity contribution in [2.24, 2.45) is 4.99 Å². The van der Waals surface area contributed by atoms with E-state index in [-0.39, 0.29) is 33.5 Å². The van der Waals surface area contributed by atoms with Crippen LogP contribution in [0.15, 0.2) is 98.5 Å².